The molecule has 2 aromatic heterocycles. The van der Waals surface area contributed by atoms with E-state index in [-0.39, 0.29) is 0 Å². The van der Waals surface area contributed by atoms with Crippen LogP contribution in [0.2, 0.25) is 0 Å². The van der Waals surface area contributed by atoms with E-state index in [1.54, 1.807) is 0 Å². The van der Waals surface area contributed by atoms with Gasteiger partial charge in [0.1, 0.15) is 0 Å². The van der Waals surface area contributed by atoms with Crippen molar-refractivity contribution in [3.05, 3.63) is 59.4 Å². The van der Waals surface area contributed by atoms with Crippen LogP contribution in [0.4, 0.5) is 0 Å². The summed E-state index contributed by atoms with van der Waals surface area (Å²) in [6.07, 6.45) is 1.29. The Hall–Kier alpha value is -2.64. The Labute approximate surface area is 181 Å². The van der Waals surface area contributed by atoms with Gasteiger partial charge in [-0.25, -0.2) is 4.98 Å². The molecular weight excluding hydrogens is 394 g/mol. The first kappa shape index (κ1) is 20.6. The molecule has 156 valence electrons. The van der Waals surface area contributed by atoms with Crippen LogP contribution in [0.3, 0.4) is 0 Å². The van der Waals surface area contributed by atoms with Gasteiger partial charge < -0.3 is 14.2 Å². The van der Waals surface area contributed by atoms with Crippen LogP contribution < -0.4 is 0 Å². The highest BCUT2D eigenvalue weighted by atomic mass is 32.2. The standard InChI is InChI=1S/C23H27N5OS/c1-5-28-22(18-8-6-7-15(2)9-18)25-26-23(28)30-13-19(29)12-27-14-24-20-10-16(3)17(4)11-21(20)27/h6-11,14,19,29H,5,12-13H2,1-4H3. The molecule has 0 spiro atoms. The normalized spacial score (nSPS) is 12.6. The number of rotatable bonds is 7. The molecule has 1 atom stereocenters. The van der Waals surface area contributed by atoms with Gasteiger partial charge in [0.15, 0.2) is 11.0 Å². The number of nitrogens with zero attached hydrogens (tertiary/aromatic N) is 5. The lowest BCUT2D eigenvalue weighted by molar-refractivity contribution is 0.179. The van der Waals surface area contributed by atoms with Crippen LogP contribution in [0.5, 0.6) is 0 Å². The molecule has 0 bridgehead atoms. The number of benzene rings is 2. The van der Waals surface area contributed by atoms with Gasteiger partial charge in [0.2, 0.25) is 0 Å². The highest BCUT2D eigenvalue weighted by Gasteiger charge is 2.16. The van der Waals surface area contributed by atoms with E-state index >= 15 is 0 Å². The molecule has 7 heteroatoms. The Morgan fingerprint density at radius 2 is 1.87 bits per heavy atom. The minimum absolute atomic E-state index is 0.497. The fourth-order valence-corrected chi connectivity index (χ4v) is 4.50. The van der Waals surface area contributed by atoms with Gasteiger partial charge in [0.25, 0.3) is 0 Å². The SMILES string of the molecule is CCn1c(SCC(O)Cn2cnc3cc(C)c(C)cc32)nnc1-c1cccc(C)c1. The van der Waals surface area contributed by atoms with Gasteiger partial charge in [-0.2, -0.15) is 0 Å². The van der Waals surface area contributed by atoms with Crippen molar-refractivity contribution < 1.29 is 5.11 Å². The number of thioether (sulfide) groups is 1. The van der Waals surface area contributed by atoms with Crippen molar-refractivity contribution in [1.82, 2.24) is 24.3 Å². The van der Waals surface area contributed by atoms with Gasteiger partial charge in [-0.1, -0.05) is 35.5 Å². The molecule has 1 unspecified atom stereocenters. The highest BCUT2D eigenvalue weighted by molar-refractivity contribution is 7.99. The van der Waals surface area contributed by atoms with Gasteiger partial charge in [-0.05, 0) is 57.0 Å². The Bertz CT molecular complexity index is 1180. The first-order valence-electron chi connectivity index (χ1n) is 10.2. The maximum atomic E-state index is 10.7. The summed E-state index contributed by atoms with van der Waals surface area (Å²) in [5.41, 5.74) is 6.74. The van der Waals surface area contributed by atoms with Gasteiger partial charge >= 0.3 is 0 Å². The number of fused-ring (bicyclic) bond motifs is 1. The topological polar surface area (TPSA) is 68.8 Å². The predicted octanol–water partition coefficient (Wildman–Crippen LogP) is 4.39. The molecule has 4 aromatic rings. The largest absolute Gasteiger partial charge is 0.390 e. The summed E-state index contributed by atoms with van der Waals surface area (Å²) >= 11 is 1.54. The van der Waals surface area contributed by atoms with Crippen LogP contribution in [-0.2, 0) is 13.1 Å². The molecule has 30 heavy (non-hydrogen) atoms. The van der Waals surface area contributed by atoms with Crippen LogP contribution in [0.25, 0.3) is 22.4 Å². The summed E-state index contributed by atoms with van der Waals surface area (Å²) in [7, 11) is 0. The van der Waals surface area contributed by atoms with Crippen molar-refractivity contribution in [2.24, 2.45) is 0 Å². The lowest BCUT2D eigenvalue weighted by Crippen LogP contribution is -2.18. The molecule has 1 N–H and O–H groups in total. The summed E-state index contributed by atoms with van der Waals surface area (Å²) in [6.45, 7) is 9.63. The molecule has 6 nitrogen and oxygen atoms in total. The highest BCUT2D eigenvalue weighted by Crippen LogP contribution is 2.25. The number of aliphatic hydroxyl groups excluding tert-OH is 1. The zero-order chi connectivity index (χ0) is 21.3. The van der Waals surface area contributed by atoms with Crippen molar-refractivity contribution in [2.45, 2.75) is 52.0 Å². The minimum Gasteiger partial charge on any atom is -0.390 e. The second-order valence-corrected chi connectivity index (χ2v) is 8.69. The third-order valence-corrected chi connectivity index (χ3v) is 6.47. The van der Waals surface area contributed by atoms with Gasteiger partial charge in [-0.15, -0.1) is 10.2 Å². The molecule has 4 rings (SSSR count). The molecule has 0 radical (unpaired) electrons. The molecule has 0 aliphatic carbocycles. The summed E-state index contributed by atoms with van der Waals surface area (Å²) < 4.78 is 4.13. The van der Waals surface area contributed by atoms with Gasteiger partial charge in [0.05, 0.1) is 30.0 Å². The second-order valence-electron chi connectivity index (χ2n) is 7.71. The van der Waals surface area contributed by atoms with E-state index < -0.39 is 6.10 Å². The van der Waals surface area contributed by atoms with Crippen LogP contribution in [-0.4, -0.2) is 41.3 Å². The maximum absolute atomic E-state index is 10.7. The number of hydrogen-bond acceptors (Lipinski definition) is 5. The number of aryl methyl sites for hydroxylation is 3. The number of hydrogen-bond donors (Lipinski definition) is 1. The van der Waals surface area contributed by atoms with E-state index in [1.807, 2.05) is 17.0 Å². The average Bonchev–Trinajstić information content (AvgIpc) is 3.31. The zero-order valence-electron chi connectivity index (χ0n) is 17.8. The van der Waals surface area contributed by atoms with E-state index in [9.17, 15) is 5.11 Å². The fraction of sp³-hybridized carbons (Fsp3) is 0.348. The zero-order valence-corrected chi connectivity index (χ0v) is 18.6. The molecular formula is C23H27N5OS. The Morgan fingerprint density at radius 1 is 1.07 bits per heavy atom. The van der Waals surface area contributed by atoms with Crippen LogP contribution in [0, 0.1) is 20.8 Å². The Morgan fingerprint density at radius 3 is 2.63 bits per heavy atom. The summed E-state index contributed by atoms with van der Waals surface area (Å²) in [5, 5.41) is 20.3. The summed E-state index contributed by atoms with van der Waals surface area (Å²) in [6, 6.07) is 12.5. The molecule has 2 heterocycles. The van der Waals surface area contributed by atoms with Crippen LogP contribution >= 0.6 is 11.8 Å². The molecule has 0 aliphatic rings. The predicted molar refractivity (Wildman–Crippen MR) is 122 cm³/mol. The number of aromatic nitrogens is 5. The van der Waals surface area contributed by atoms with Gasteiger partial charge in [0, 0.05) is 17.9 Å². The molecule has 0 saturated carbocycles. The fourth-order valence-electron chi connectivity index (χ4n) is 3.59. The lowest BCUT2D eigenvalue weighted by atomic mass is 10.1. The van der Waals surface area contributed by atoms with E-state index in [4.69, 9.17) is 0 Å². The smallest absolute Gasteiger partial charge is 0.191 e. The quantitative estimate of drug-likeness (QED) is 0.448. The average molecular weight is 422 g/mol. The monoisotopic (exact) mass is 421 g/mol. The Balaban J connectivity index is 1.47. The van der Waals surface area contributed by atoms with E-state index in [1.165, 1.54) is 28.5 Å². The van der Waals surface area contributed by atoms with E-state index in [0.717, 1.165) is 34.1 Å². The first-order valence-corrected chi connectivity index (χ1v) is 11.2. The number of imidazole rings is 1. The second kappa shape index (κ2) is 8.62. The van der Waals surface area contributed by atoms with Crippen molar-refractivity contribution >= 4 is 22.8 Å². The first-order chi connectivity index (χ1) is 14.5. The van der Waals surface area contributed by atoms with Crippen LogP contribution in [0.1, 0.15) is 23.6 Å². The van der Waals surface area contributed by atoms with Crippen molar-refractivity contribution in [3.63, 3.8) is 0 Å². The van der Waals surface area contributed by atoms with Crippen molar-refractivity contribution in [1.29, 1.82) is 0 Å². The summed E-state index contributed by atoms with van der Waals surface area (Å²) in [4.78, 5) is 4.48. The van der Waals surface area contributed by atoms with E-state index in [2.05, 4.69) is 77.8 Å². The summed E-state index contributed by atoms with van der Waals surface area (Å²) in [5.74, 6) is 1.40. The molecule has 0 saturated heterocycles. The molecule has 0 aliphatic heterocycles. The molecule has 0 amide bonds. The van der Waals surface area contributed by atoms with Crippen LogP contribution in [0.15, 0.2) is 47.9 Å². The van der Waals surface area contributed by atoms with Gasteiger partial charge in [-0.3, -0.25) is 0 Å². The third kappa shape index (κ3) is 4.13. The third-order valence-electron chi connectivity index (χ3n) is 5.36. The molecule has 0 fully saturated rings. The van der Waals surface area contributed by atoms with Crippen molar-refractivity contribution in [3.8, 4) is 11.4 Å². The van der Waals surface area contributed by atoms with Crippen molar-refractivity contribution in [2.75, 3.05) is 5.75 Å². The van der Waals surface area contributed by atoms with E-state index in [0.29, 0.717) is 12.3 Å². The minimum atomic E-state index is -0.515. The lowest BCUT2D eigenvalue weighted by Gasteiger charge is -2.13. The maximum Gasteiger partial charge on any atom is 0.191 e. The molecule has 2 aromatic carbocycles. The Kier molecular flexibility index (Phi) is 5.92. The number of aliphatic hydroxyl groups is 1.